The summed E-state index contributed by atoms with van der Waals surface area (Å²) in [5.74, 6) is 0.613. The Morgan fingerprint density at radius 3 is 2.62 bits per heavy atom. The molecule has 7 nitrogen and oxygen atoms in total. The Hall–Kier alpha value is -2.87. The van der Waals surface area contributed by atoms with Crippen LogP contribution in [0.1, 0.15) is 12.5 Å². The van der Waals surface area contributed by atoms with E-state index < -0.39 is 0 Å². The van der Waals surface area contributed by atoms with E-state index >= 15 is 0 Å². The number of aromatic nitrogens is 4. The van der Waals surface area contributed by atoms with Crippen LogP contribution in [0, 0.1) is 6.92 Å². The number of hydrogen-bond donors (Lipinski definition) is 1. The summed E-state index contributed by atoms with van der Waals surface area (Å²) < 4.78 is 6.76. The van der Waals surface area contributed by atoms with Gasteiger partial charge in [0.25, 0.3) is 0 Å². The highest BCUT2D eigenvalue weighted by molar-refractivity contribution is 8.00. The first-order valence-electron chi connectivity index (χ1n) is 8.04. The zero-order chi connectivity index (χ0) is 18.5. The van der Waals surface area contributed by atoms with Crippen molar-refractivity contribution in [3.05, 3.63) is 54.1 Å². The molecule has 0 saturated heterocycles. The highest BCUT2D eigenvalue weighted by atomic mass is 32.2. The molecule has 0 saturated carbocycles. The molecule has 0 bridgehead atoms. The molecule has 1 N–H and O–H groups in total. The van der Waals surface area contributed by atoms with Gasteiger partial charge in [-0.2, -0.15) is 4.68 Å². The minimum Gasteiger partial charge on any atom is -0.497 e. The number of nitrogens with zero attached hydrogens (tertiary/aromatic N) is 4. The summed E-state index contributed by atoms with van der Waals surface area (Å²) in [5.41, 5.74) is 2.65. The molecule has 0 aliphatic carbocycles. The highest BCUT2D eigenvalue weighted by Crippen LogP contribution is 2.25. The molecular weight excluding hydrogens is 350 g/mol. The van der Waals surface area contributed by atoms with Gasteiger partial charge in [-0.05, 0) is 60.2 Å². The molecule has 3 rings (SSSR count). The number of nitrogens with one attached hydrogen (secondary N) is 1. The zero-order valence-corrected chi connectivity index (χ0v) is 15.5. The first kappa shape index (κ1) is 17.9. The Morgan fingerprint density at radius 2 is 1.92 bits per heavy atom. The van der Waals surface area contributed by atoms with Crippen LogP contribution in [0.25, 0.3) is 5.69 Å². The lowest BCUT2D eigenvalue weighted by atomic mass is 10.2. The van der Waals surface area contributed by atoms with E-state index in [4.69, 9.17) is 4.74 Å². The van der Waals surface area contributed by atoms with E-state index in [1.807, 2.05) is 38.1 Å². The molecule has 3 aromatic rings. The van der Waals surface area contributed by atoms with E-state index in [-0.39, 0.29) is 11.2 Å². The second-order valence-corrected chi connectivity index (χ2v) is 6.95. The quantitative estimate of drug-likeness (QED) is 0.673. The van der Waals surface area contributed by atoms with E-state index in [0.717, 1.165) is 17.0 Å². The van der Waals surface area contributed by atoms with E-state index in [2.05, 4.69) is 20.8 Å². The number of ether oxygens (including phenoxy) is 1. The summed E-state index contributed by atoms with van der Waals surface area (Å²) in [5, 5.41) is 14.9. The summed E-state index contributed by atoms with van der Waals surface area (Å²) >= 11 is 1.31. The van der Waals surface area contributed by atoms with Crippen LogP contribution in [0.5, 0.6) is 5.75 Å². The molecular formula is C18H19N5O2S. The second-order valence-electron chi connectivity index (χ2n) is 5.64. The fourth-order valence-electron chi connectivity index (χ4n) is 2.33. The molecule has 1 amide bonds. The highest BCUT2D eigenvalue weighted by Gasteiger charge is 2.20. The Balaban J connectivity index is 1.70. The summed E-state index contributed by atoms with van der Waals surface area (Å²) in [7, 11) is 1.60. The van der Waals surface area contributed by atoms with E-state index in [9.17, 15) is 4.79 Å². The number of anilines is 1. The zero-order valence-electron chi connectivity index (χ0n) is 14.7. The number of hydrogen-bond acceptors (Lipinski definition) is 6. The molecule has 0 radical (unpaired) electrons. The Morgan fingerprint density at radius 1 is 1.19 bits per heavy atom. The van der Waals surface area contributed by atoms with E-state index in [1.165, 1.54) is 11.8 Å². The Kier molecular flexibility index (Phi) is 5.52. The van der Waals surface area contributed by atoms with Crippen molar-refractivity contribution in [3.8, 4) is 11.4 Å². The van der Waals surface area contributed by atoms with Crippen LogP contribution in [0.15, 0.2) is 53.7 Å². The number of carbonyl (C=O) groups excluding carboxylic acids is 1. The molecule has 8 heteroatoms. The van der Waals surface area contributed by atoms with Crippen LogP contribution in [0.4, 0.5) is 5.69 Å². The Bertz CT molecular complexity index is 895. The first-order valence-corrected chi connectivity index (χ1v) is 8.92. The third-order valence-corrected chi connectivity index (χ3v) is 4.83. The molecule has 0 spiro atoms. The molecule has 0 fully saturated rings. The molecule has 1 aromatic heterocycles. The smallest absolute Gasteiger partial charge is 0.237 e. The SMILES string of the molecule is COc1ccc(NC(=O)[C@@H](C)Sc2nnnn2-c2ccccc2C)cc1. The fourth-order valence-corrected chi connectivity index (χ4v) is 3.14. The normalized spacial score (nSPS) is 11.8. The van der Waals surface area contributed by atoms with Crippen LogP contribution in [0.2, 0.25) is 0 Å². The third kappa shape index (κ3) is 4.02. The van der Waals surface area contributed by atoms with Crippen molar-refractivity contribution in [1.82, 2.24) is 20.2 Å². The van der Waals surface area contributed by atoms with Gasteiger partial charge >= 0.3 is 0 Å². The summed E-state index contributed by atoms with van der Waals surface area (Å²) in [6.45, 7) is 3.81. The molecule has 26 heavy (non-hydrogen) atoms. The van der Waals surface area contributed by atoms with Gasteiger partial charge in [0.15, 0.2) is 0 Å². The van der Waals surface area contributed by atoms with Crippen LogP contribution >= 0.6 is 11.8 Å². The van der Waals surface area contributed by atoms with Crippen molar-refractivity contribution in [2.45, 2.75) is 24.3 Å². The third-order valence-electron chi connectivity index (χ3n) is 3.79. The number of thioether (sulfide) groups is 1. The topological polar surface area (TPSA) is 81.9 Å². The fraction of sp³-hybridized carbons (Fsp3) is 0.222. The number of carbonyl (C=O) groups is 1. The van der Waals surface area contributed by atoms with Crippen molar-refractivity contribution in [1.29, 1.82) is 0 Å². The first-order chi connectivity index (χ1) is 12.6. The number of amides is 1. The minimum atomic E-state index is -0.370. The van der Waals surface area contributed by atoms with Gasteiger partial charge < -0.3 is 10.1 Å². The van der Waals surface area contributed by atoms with E-state index in [0.29, 0.717) is 10.8 Å². The van der Waals surface area contributed by atoms with Gasteiger partial charge in [-0.1, -0.05) is 30.0 Å². The van der Waals surface area contributed by atoms with Crippen LogP contribution in [0.3, 0.4) is 0 Å². The maximum Gasteiger partial charge on any atom is 0.237 e. The molecule has 0 aliphatic heterocycles. The van der Waals surface area contributed by atoms with Crippen molar-refractivity contribution < 1.29 is 9.53 Å². The number of para-hydroxylation sites is 1. The van der Waals surface area contributed by atoms with Crippen molar-refractivity contribution in [3.63, 3.8) is 0 Å². The molecule has 1 heterocycles. The predicted molar refractivity (Wildman–Crippen MR) is 101 cm³/mol. The largest absolute Gasteiger partial charge is 0.497 e. The second kappa shape index (κ2) is 8.01. The van der Waals surface area contributed by atoms with Gasteiger partial charge in [0.2, 0.25) is 11.1 Å². The number of tetrazole rings is 1. The summed E-state index contributed by atoms with van der Waals surface area (Å²) in [6.07, 6.45) is 0. The minimum absolute atomic E-state index is 0.125. The van der Waals surface area contributed by atoms with Gasteiger partial charge in [-0.15, -0.1) is 5.10 Å². The standard InChI is InChI=1S/C18H19N5O2S/c1-12-6-4-5-7-16(12)23-18(20-21-22-23)26-13(2)17(24)19-14-8-10-15(25-3)11-9-14/h4-11,13H,1-3H3,(H,19,24)/t13-/m1/s1. The predicted octanol–water partition coefficient (Wildman–Crippen LogP) is 3.10. The van der Waals surface area contributed by atoms with Crippen molar-refractivity contribution >= 4 is 23.4 Å². The lowest BCUT2D eigenvalue weighted by molar-refractivity contribution is -0.115. The van der Waals surface area contributed by atoms with Crippen LogP contribution in [-0.2, 0) is 4.79 Å². The lowest BCUT2D eigenvalue weighted by Crippen LogP contribution is -2.22. The monoisotopic (exact) mass is 369 g/mol. The Labute approximate surface area is 155 Å². The number of methoxy groups -OCH3 is 1. The number of rotatable bonds is 6. The number of aryl methyl sites for hydroxylation is 1. The maximum absolute atomic E-state index is 12.5. The molecule has 2 aromatic carbocycles. The molecule has 0 aliphatic rings. The van der Waals surface area contributed by atoms with Gasteiger partial charge in [-0.25, -0.2) is 0 Å². The van der Waals surface area contributed by atoms with Gasteiger partial charge in [-0.3, -0.25) is 4.79 Å². The number of benzene rings is 2. The average Bonchev–Trinajstić information content (AvgIpc) is 3.10. The van der Waals surface area contributed by atoms with Gasteiger partial charge in [0.05, 0.1) is 18.0 Å². The average molecular weight is 369 g/mol. The lowest BCUT2D eigenvalue weighted by Gasteiger charge is -2.12. The maximum atomic E-state index is 12.5. The van der Waals surface area contributed by atoms with Crippen LogP contribution in [-0.4, -0.2) is 38.5 Å². The van der Waals surface area contributed by atoms with Gasteiger partial charge in [0, 0.05) is 5.69 Å². The molecule has 134 valence electrons. The summed E-state index contributed by atoms with van der Waals surface area (Å²) in [4.78, 5) is 12.5. The van der Waals surface area contributed by atoms with E-state index in [1.54, 1.807) is 36.1 Å². The molecule has 0 unspecified atom stereocenters. The summed E-state index contributed by atoms with van der Waals surface area (Å²) in [6, 6.07) is 15.0. The van der Waals surface area contributed by atoms with Crippen molar-refractivity contribution in [2.75, 3.05) is 12.4 Å². The van der Waals surface area contributed by atoms with Gasteiger partial charge in [0.1, 0.15) is 5.75 Å². The molecule has 1 atom stereocenters. The van der Waals surface area contributed by atoms with Crippen LogP contribution < -0.4 is 10.1 Å². The van der Waals surface area contributed by atoms with Crippen molar-refractivity contribution in [2.24, 2.45) is 0 Å².